The molecule has 1 heterocycles. The number of nitrogen functional groups attached to an aromatic ring is 1. The van der Waals surface area contributed by atoms with E-state index in [0.717, 1.165) is 9.13 Å². The molecule has 104 valence electrons. The molecule has 0 saturated carbocycles. The fourth-order valence-corrected chi connectivity index (χ4v) is 2.45. The third-order valence-electron chi connectivity index (χ3n) is 3.01. The van der Waals surface area contributed by atoms with Crippen LogP contribution in [0.2, 0.25) is 0 Å². The monoisotopic (exact) mass is 392 g/mol. The molecule has 21 heavy (non-hydrogen) atoms. The summed E-state index contributed by atoms with van der Waals surface area (Å²) in [6.07, 6.45) is 0. The van der Waals surface area contributed by atoms with Crippen LogP contribution in [-0.4, -0.2) is 10.1 Å². The quantitative estimate of drug-likeness (QED) is 0.640. The summed E-state index contributed by atoms with van der Waals surface area (Å²) in [7, 11) is 0. The lowest BCUT2D eigenvalue weighted by Crippen LogP contribution is -2.16. The number of aromatic nitrogens is 1. The summed E-state index contributed by atoms with van der Waals surface area (Å²) < 4.78 is 0.826. The second kappa shape index (κ2) is 5.46. The summed E-state index contributed by atoms with van der Waals surface area (Å²) in [4.78, 5) is 14.1. The molecule has 0 bridgehead atoms. The van der Waals surface area contributed by atoms with Crippen molar-refractivity contribution >= 4 is 28.4 Å². The number of benzene rings is 1. The van der Waals surface area contributed by atoms with Crippen molar-refractivity contribution in [1.82, 2.24) is 4.98 Å². The number of nitrogens with one attached hydrogen (secondary N) is 1. The van der Waals surface area contributed by atoms with Crippen LogP contribution in [0.15, 0.2) is 16.9 Å². The molecule has 7 heteroatoms. The van der Waals surface area contributed by atoms with Gasteiger partial charge in [0.05, 0.1) is 0 Å². The Balaban J connectivity index is 3.00. The maximum Gasteiger partial charge on any atom is 0.268 e. The van der Waals surface area contributed by atoms with Crippen molar-refractivity contribution in [3.05, 3.63) is 42.7 Å². The topological polar surface area (TPSA) is 127 Å². The molecule has 1 aromatic heterocycles. The van der Waals surface area contributed by atoms with E-state index in [1.807, 2.05) is 13.0 Å². The van der Waals surface area contributed by atoms with Crippen LogP contribution < -0.4 is 11.3 Å². The molecule has 0 atom stereocenters. The zero-order valence-electron chi connectivity index (χ0n) is 10.9. The number of nitrogens with two attached hydrogens (primary N) is 1. The maximum atomic E-state index is 11.8. The highest BCUT2D eigenvalue weighted by Crippen LogP contribution is 2.36. The highest BCUT2D eigenvalue weighted by molar-refractivity contribution is 14.1. The van der Waals surface area contributed by atoms with Gasteiger partial charge in [0.25, 0.3) is 5.56 Å². The van der Waals surface area contributed by atoms with Crippen LogP contribution in [-0.2, 0) is 0 Å². The fourth-order valence-electron chi connectivity index (χ4n) is 1.98. The Bertz CT molecular complexity index is 888. The molecule has 0 amide bonds. The highest BCUT2D eigenvalue weighted by Gasteiger charge is 2.21. The Labute approximate surface area is 133 Å². The van der Waals surface area contributed by atoms with E-state index >= 15 is 0 Å². The van der Waals surface area contributed by atoms with Gasteiger partial charge in [-0.25, -0.2) is 0 Å². The number of anilines is 1. The lowest BCUT2D eigenvalue weighted by atomic mass is 9.95. The van der Waals surface area contributed by atoms with Gasteiger partial charge in [0.1, 0.15) is 34.8 Å². The largest absolute Gasteiger partial charge is 0.507 e. The summed E-state index contributed by atoms with van der Waals surface area (Å²) in [6, 6.07) is 6.75. The van der Waals surface area contributed by atoms with Gasteiger partial charge in [0.2, 0.25) is 0 Å². The first-order chi connectivity index (χ1) is 9.90. The van der Waals surface area contributed by atoms with Crippen LogP contribution in [0.25, 0.3) is 11.1 Å². The maximum absolute atomic E-state index is 11.8. The van der Waals surface area contributed by atoms with E-state index in [0.29, 0.717) is 0 Å². The standard InChI is InChI=1S/C14H9IN4O2/c1-6-2-11(20)7(3-10(6)15)12-8(4-16)13(18)19-14(21)9(12)5-17/h2-3,20H,1H3,(H3,18,19,21). The number of H-pyrrole nitrogens is 1. The van der Waals surface area contributed by atoms with Crippen molar-refractivity contribution in [2.45, 2.75) is 6.92 Å². The fraction of sp³-hybridized carbons (Fsp3) is 0.0714. The van der Waals surface area contributed by atoms with E-state index in [9.17, 15) is 20.4 Å². The van der Waals surface area contributed by atoms with Gasteiger partial charge < -0.3 is 15.8 Å². The van der Waals surface area contributed by atoms with Gasteiger partial charge in [0, 0.05) is 14.7 Å². The first kappa shape index (κ1) is 14.9. The lowest BCUT2D eigenvalue weighted by molar-refractivity contribution is 0.476. The molecule has 0 unspecified atom stereocenters. The van der Waals surface area contributed by atoms with Crippen LogP contribution in [0, 0.1) is 33.2 Å². The van der Waals surface area contributed by atoms with Gasteiger partial charge in [-0.1, -0.05) is 0 Å². The molecule has 0 fully saturated rings. The van der Waals surface area contributed by atoms with Crippen LogP contribution in [0.4, 0.5) is 5.82 Å². The number of aryl methyl sites for hydroxylation is 1. The first-order valence-electron chi connectivity index (χ1n) is 5.76. The lowest BCUT2D eigenvalue weighted by Gasteiger charge is -2.12. The third kappa shape index (κ3) is 2.43. The number of pyridine rings is 1. The number of phenols is 1. The molecule has 0 aliphatic carbocycles. The number of rotatable bonds is 1. The minimum Gasteiger partial charge on any atom is -0.507 e. The Morgan fingerprint density at radius 2 is 1.90 bits per heavy atom. The smallest absolute Gasteiger partial charge is 0.268 e. The van der Waals surface area contributed by atoms with E-state index in [-0.39, 0.29) is 33.8 Å². The number of nitriles is 2. The average Bonchev–Trinajstić information content (AvgIpc) is 2.42. The third-order valence-corrected chi connectivity index (χ3v) is 4.18. The van der Waals surface area contributed by atoms with Gasteiger partial charge in [-0.3, -0.25) is 4.79 Å². The minimum atomic E-state index is -0.695. The van der Waals surface area contributed by atoms with Crippen molar-refractivity contribution in [2.75, 3.05) is 5.73 Å². The van der Waals surface area contributed by atoms with Gasteiger partial charge in [-0.2, -0.15) is 10.5 Å². The molecule has 0 saturated heterocycles. The number of hydrogen-bond donors (Lipinski definition) is 3. The Kier molecular flexibility index (Phi) is 3.87. The molecule has 2 aromatic rings. The van der Waals surface area contributed by atoms with E-state index in [1.165, 1.54) is 6.07 Å². The van der Waals surface area contributed by atoms with Gasteiger partial charge >= 0.3 is 0 Å². The van der Waals surface area contributed by atoms with E-state index < -0.39 is 5.56 Å². The van der Waals surface area contributed by atoms with Crippen molar-refractivity contribution in [1.29, 1.82) is 10.5 Å². The molecular weight excluding hydrogens is 383 g/mol. The van der Waals surface area contributed by atoms with Gasteiger partial charge in [0.15, 0.2) is 0 Å². The van der Waals surface area contributed by atoms with Gasteiger partial charge in [-0.15, -0.1) is 0 Å². The zero-order valence-corrected chi connectivity index (χ0v) is 13.0. The molecule has 0 aliphatic heterocycles. The van der Waals surface area contributed by atoms with Crippen molar-refractivity contribution in [3.8, 4) is 29.0 Å². The zero-order chi connectivity index (χ0) is 15.7. The van der Waals surface area contributed by atoms with E-state index in [1.54, 1.807) is 12.1 Å². The molecule has 6 nitrogen and oxygen atoms in total. The molecule has 0 radical (unpaired) electrons. The summed E-state index contributed by atoms with van der Waals surface area (Å²) in [5.41, 5.74) is 5.77. The SMILES string of the molecule is Cc1cc(O)c(-c2c(C#N)c(N)[nH]c(=O)c2C#N)cc1I. The minimum absolute atomic E-state index is 0.0406. The number of phenolic OH excluding ortho intramolecular Hbond substituents is 1. The Morgan fingerprint density at radius 1 is 1.29 bits per heavy atom. The summed E-state index contributed by atoms with van der Waals surface area (Å²) in [6.45, 7) is 1.81. The molecule has 4 N–H and O–H groups in total. The molecule has 2 rings (SSSR count). The van der Waals surface area contributed by atoms with Crippen LogP contribution in [0.5, 0.6) is 5.75 Å². The second-order valence-electron chi connectivity index (χ2n) is 4.33. The summed E-state index contributed by atoms with van der Waals surface area (Å²) in [5.74, 6) is -0.252. The molecule has 1 aromatic carbocycles. The van der Waals surface area contributed by atoms with Gasteiger partial charge in [-0.05, 0) is 47.2 Å². The number of aromatic amines is 1. The number of halogens is 1. The molecule has 0 aliphatic rings. The normalized spacial score (nSPS) is 9.90. The number of nitrogens with zero attached hydrogens (tertiary/aromatic N) is 2. The van der Waals surface area contributed by atoms with E-state index in [4.69, 9.17) is 5.73 Å². The van der Waals surface area contributed by atoms with E-state index in [2.05, 4.69) is 27.6 Å². The van der Waals surface area contributed by atoms with Crippen molar-refractivity contribution in [2.24, 2.45) is 0 Å². The Hall–Kier alpha value is -2.52. The van der Waals surface area contributed by atoms with Crippen LogP contribution >= 0.6 is 22.6 Å². The first-order valence-corrected chi connectivity index (χ1v) is 6.84. The van der Waals surface area contributed by atoms with Crippen LogP contribution in [0.1, 0.15) is 16.7 Å². The summed E-state index contributed by atoms with van der Waals surface area (Å²) in [5, 5.41) is 28.5. The predicted octanol–water partition coefficient (Wildman–Crippen LogP) is 1.99. The molecule has 0 spiro atoms. The highest BCUT2D eigenvalue weighted by atomic mass is 127. The second-order valence-corrected chi connectivity index (χ2v) is 5.50. The van der Waals surface area contributed by atoms with Crippen molar-refractivity contribution < 1.29 is 5.11 Å². The summed E-state index contributed by atoms with van der Waals surface area (Å²) >= 11 is 2.06. The predicted molar refractivity (Wildman–Crippen MR) is 85.5 cm³/mol. The van der Waals surface area contributed by atoms with Crippen molar-refractivity contribution in [3.63, 3.8) is 0 Å². The van der Waals surface area contributed by atoms with Crippen LogP contribution in [0.3, 0.4) is 0 Å². The number of hydrogen-bond acceptors (Lipinski definition) is 5. The number of aromatic hydroxyl groups is 1. The Morgan fingerprint density at radius 3 is 2.48 bits per heavy atom. The average molecular weight is 392 g/mol. The molecular formula is C14H9IN4O2.